The van der Waals surface area contributed by atoms with E-state index >= 15 is 0 Å². The van der Waals surface area contributed by atoms with Gasteiger partial charge in [0.1, 0.15) is 0 Å². The molecule has 0 aliphatic heterocycles. The molecule has 2 aromatic heterocycles. The second-order valence-corrected chi connectivity index (χ2v) is 8.04. The van der Waals surface area contributed by atoms with Gasteiger partial charge in [0, 0.05) is 29.4 Å². The van der Waals surface area contributed by atoms with Crippen LogP contribution in [-0.4, -0.2) is 28.5 Å². The Bertz CT molecular complexity index is 679. The van der Waals surface area contributed by atoms with Gasteiger partial charge in [0.15, 0.2) is 0 Å². The number of thiophene rings is 1. The number of aryl methyl sites for hydroxylation is 1. The van der Waals surface area contributed by atoms with Crippen LogP contribution < -0.4 is 0 Å². The molecular formula is C20H28N2OS. The third-order valence-corrected chi connectivity index (χ3v) is 6.25. The molecule has 130 valence electrons. The van der Waals surface area contributed by atoms with Crippen LogP contribution >= 0.6 is 11.3 Å². The van der Waals surface area contributed by atoms with E-state index in [9.17, 15) is 4.79 Å². The normalized spacial score (nSPS) is 16.1. The van der Waals surface area contributed by atoms with Crippen LogP contribution in [-0.2, 0) is 6.54 Å². The SMILES string of the molecule is Cc1cc(C(=O)N(C)C2CCCCCC2)c(C)n1Cc1cccs1. The fraction of sp³-hybridized carbons (Fsp3) is 0.550. The molecular weight excluding hydrogens is 316 g/mol. The largest absolute Gasteiger partial charge is 0.343 e. The van der Waals surface area contributed by atoms with Crippen LogP contribution in [0, 0.1) is 13.8 Å². The van der Waals surface area contributed by atoms with Gasteiger partial charge in [-0.05, 0) is 44.2 Å². The van der Waals surface area contributed by atoms with Gasteiger partial charge in [0.05, 0.1) is 12.1 Å². The van der Waals surface area contributed by atoms with Crippen molar-refractivity contribution in [2.45, 2.75) is 65.0 Å². The molecule has 1 saturated carbocycles. The molecule has 4 heteroatoms. The molecule has 0 atom stereocenters. The van der Waals surface area contributed by atoms with Crippen molar-refractivity contribution in [1.29, 1.82) is 0 Å². The van der Waals surface area contributed by atoms with Gasteiger partial charge in [-0.3, -0.25) is 4.79 Å². The standard InChI is InChI=1S/C20H28N2OS/c1-15-13-19(16(2)22(15)14-18-11-8-12-24-18)20(23)21(3)17-9-6-4-5-7-10-17/h8,11-13,17H,4-7,9-10,14H2,1-3H3. The first-order valence-electron chi connectivity index (χ1n) is 9.04. The molecule has 0 aromatic carbocycles. The van der Waals surface area contributed by atoms with Crippen LogP contribution in [0.2, 0.25) is 0 Å². The van der Waals surface area contributed by atoms with E-state index < -0.39 is 0 Å². The lowest BCUT2D eigenvalue weighted by molar-refractivity contribution is 0.0717. The number of carbonyl (C=O) groups excluding carboxylic acids is 1. The fourth-order valence-electron chi connectivity index (χ4n) is 3.82. The lowest BCUT2D eigenvalue weighted by Crippen LogP contribution is -2.37. The average Bonchev–Trinajstić information content (AvgIpc) is 3.07. The highest BCUT2D eigenvalue weighted by Crippen LogP contribution is 2.25. The Morgan fingerprint density at radius 1 is 1.25 bits per heavy atom. The topological polar surface area (TPSA) is 25.2 Å². The maximum Gasteiger partial charge on any atom is 0.255 e. The average molecular weight is 345 g/mol. The fourth-order valence-corrected chi connectivity index (χ4v) is 4.51. The van der Waals surface area contributed by atoms with Gasteiger partial charge in [0.25, 0.3) is 5.91 Å². The zero-order valence-electron chi connectivity index (χ0n) is 15.0. The maximum atomic E-state index is 13.1. The zero-order valence-corrected chi connectivity index (χ0v) is 15.9. The molecule has 1 aliphatic carbocycles. The predicted molar refractivity (Wildman–Crippen MR) is 101 cm³/mol. The summed E-state index contributed by atoms with van der Waals surface area (Å²) in [7, 11) is 1.99. The van der Waals surface area contributed by atoms with Crippen molar-refractivity contribution in [1.82, 2.24) is 9.47 Å². The Labute approximate surface area is 149 Å². The first-order valence-corrected chi connectivity index (χ1v) is 9.92. The van der Waals surface area contributed by atoms with Crippen molar-refractivity contribution in [2.75, 3.05) is 7.05 Å². The summed E-state index contributed by atoms with van der Waals surface area (Å²) >= 11 is 1.77. The summed E-state index contributed by atoms with van der Waals surface area (Å²) in [5, 5.41) is 2.11. The summed E-state index contributed by atoms with van der Waals surface area (Å²) in [6, 6.07) is 6.71. The van der Waals surface area contributed by atoms with Crippen molar-refractivity contribution >= 4 is 17.2 Å². The van der Waals surface area contributed by atoms with Crippen LogP contribution in [0.1, 0.15) is 65.1 Å². The summed E-state index contributed by atoms with van der Waals surface area (Å²) in [5.74, 6) is 0.187. The minimum absolute atomic E-state index is 0.187. The second kappa shape index (κ2) is 7.56. The van der Waals surface area contributed by atoms with Crippen LogP contribution in [0.15, 0.2) is 23.6 Å². The molecule has 0 unspecified atom stereocenters. The van der Waals surface area contributed by atoms with Crippen LogP contribution in [0.3, 0.4) is 0 Å². The number of amides is 1. The van der Waals surface area contributed by atoms with E-state index in [1.807, 2.05) is 11.9 Å². The molecule has 3 rings (SSSR count). The lowest BCUT2D eigenvalue weighted by Gasteiger charge is -2.27. The van der Waals surface area contributed by atoms with Crippen molar-refractivity contribution in [3.05, 3.63) is 45.4 Å². The van der Waals surface area contributed by atoms with Gasteiger partial charge < -0.3 is 9.47 Å². The number of rotatable bonds is 4. The molecule has 0 N–H and O–H groups in total. The summed E-state index contributed by atoms with van der Waals surface area (Å²) in [4.78, 5) is 16.4. The van der Waals surface area contributed by atoms with E-state index in [-0.39, 0.29) is 5.91 Å². The van der Waals surface area contributed by atoms with E-state index in [0.717, 1.165) is 30.6 Å². The molecule has 2 aromatic rings. The van der Waals surface area contributed by atoms with Gasteiger partial charge >= 0.3 is 0 Å². The smallest absolute Gasteiger partial charge is 0.255 e. The van der Waals surface area contributed by atoms with Gasteiger partial charge in [-0.25, -0.2) is 0 Å². The number of hydrogen-bond acceptors (Lipinski definition) is 2. The molecule has 0 radical (unpaired) electrons. The molecule has 24 heavy (non-hydrogen) atoms. The van der Waals surface area contributed by atoms with Crippen molar-refractivity contribution in [3.8, 4) is 0 Å². The first kappa shape index (κ1) is 17.3. The molecule has 0 saturated heterocycles. The highest BCUT2D eigenvalue weighted by molar-refractivity contribution is 7.09. The number of nitrogens with zero attached hydrogens (tertiary/aromatic N) is 2. The van der Waals surface area contributed by atoms with Gasteiger partial charge in [-0.1, -0.05) is 31.7 Å². The van der Waals surface area contributed by atoms with Crippen LogP contribution in [0.5, 0.6) is 0 Å². The number of hydrogen-bond donors (Lipinski definition) is 0. The third-order valence-electron chi connectivity index (χ3n) is 5.39. The highest BCUT2D eigenvalue weighted by Gasteiger charge is 2.25. The van der Waals surface area contributed by atoms with Crippen molar-refractivity contribution in [2.24, 2.45) is 0 Å². The molecule has 1 amide bonds. The summed E-state index contributed by atoms with van der Waals surface area (Å²) in [6.45, 7) is 5.04. The van der Waals surface area contributed by atoms with Crippen molar-refractivity contribution < 1.29 is 4.79 Å². The van der Waals surface area contributed by atoms with Gasteiger partial charge in [-0.15, -0.1) is 11.3 Å². The van der Waals surface area contributed by atoms with E-state index in [1.165, 1.54) is 36.3 Å². The lowest BCUT2D eigenvalue weighted by atomic mass is 10.1. The Morgan fingerprint density at radius 2 is 1.96 bits per heavy atom. The maximum absolute atomic E-state index is 13.1. The molecule has 2 heterocycles. The monoisotopic (exact) mass is 344 g/mol. The second-order valence-electron chi connectivity index (χ2n) is 7.01. The van der Waals surface area contributed by atoms with Crippen LogP contribution in [0.4, 0.5) is 0 Å². The van der Waals surface area contributed by atoms with Crippen molar-refractivity contribution in [3.63, 3.8) is 0 Å². The minimum atomic E-state index is 0.187. The minimum Gasteiger partial charge on any atom is -0.343 e. The molecule has 1 aliphatic rings. The number of carbonyl (C=O) groups is 1. The van der Waals surface area contributed by atoms with Gasteiger partial charge in [0.2, 0.25) is 0 Å². The Balaban J connectivity index is 1.79. The molecule has 3 nitrogen and oxygen atoms in total. The summed E-state index contributed by atoms with van der Waals surface area (Å²) in [6.07, 6.45) is 7.42. The molecule has 0 spiro atoms. The Kier molecular flexibility index (Phi) is 5.44. The zero-order chi connectivity index (χ0) is 17.1. The third kappa shape index (κ3) is 3.59. The van der Waals surface area contributed by atoms with Crippen LogP contribution in [0.25, 0.3) is 0 Å². The van der Waals surface area contributed by atoms with E-state index in [2.05, 4.69) is 42.0 Å². The Hall–Kier alpha value is -1.55. The summed E-state index contributed by atoms with van der Waals surface area (Å²) in [5.41, 5.74) is 3.13. The van der Waals surface area contributed by atoms with E-state index in [1.54, 1.807) is 11.3 Å². The Morgan fingerprint density at radius 3 is 2.58 bits per heavy atom. The number of aromatic nitrogens is 1. The van der Waals surface area contributed by atoms with Gasteiger partial charge in [-0.2, -0.15) is 0 Å². The van der Waals surface area contributed by atoms with E-state index in [0.29, 0.717) is 6.04 Å². The van der Waals surface area contributed by atoms with E-state index in [4.69, 9.17) is 0 Å². The predicted octanol–water partition coefficient (Wildman–Crippen LogP) is 5.01. The molecule has 0 bridgehead atoms. The first-order chi connectivity index (χ1) is 11.6. The molecule has 1 fully saturated rings. The highest BCUT2D eigenvalue weighted by atomic mass is 32.1. The summed E-state index contributed by atoms with van der Waals surface area (Å²) < 4.78 is 2.26. The quantitative estimate of drug-likeness (QED) is 0.716.